The Kier molecular flexibility index (Phi) is 5.99. The number of hydrogen-bond acceptors (Lipinski definition) is 3. The Morgan fingerprint density at radius 1 is 1.04 bits per heavy atom. The van der Waals surface area contributed by atoms with E-state index in [-0.39, 0.29) is 12.5 Å². The number of rotatable bonds is 6. The summed E-state index contributed by atoms with van der Waals surface area (Å²) in [6, 6.07) is 20.1. The maximum Gasteiger partial charge on any atom is 0.255 e. The number of nitrogens with one attached hydrogen (secondary N) is 1. The zero-order chi connectivity index (χ0) is 19.2. The second kappa shape index (κ2) is 8.60. The summed E-state index contributed by atoms with van der Waals surface area (Å²) in [5.41, 5.74) is 3.00. The van der Waals surface area contributed by atoms with E-state index in [2.05, 4.69) is 5.32 Å². The molecule has 0 atom stereocenters. The number of amides is 1. The van der Waals surface area contributed by atoms with Gasteiger partial charge in [-0.1, -0.05) is 29.8 Å². The third-order valence-electron chi connectivity index (χ3n) is 4.10. The molecule has 1 amide bonds. The standard InChI is InChI=1S/C22H20ClNO3/c1-15-12-19(9-10-20(15)23)27-14-17-13-16(8-11-21(17)26-2)22(25)24-18-6-4-3-5-7-18/h3-13H,14H2,1-2H3,(H,24,25). The molecule has 4 nitrogen and oxygen atoms in total. The molecule has 3 aromatic carbocycles. The van der Waals surface area contributed by atoms with Gasteiger partial charge in [-0.05, 0) is 61.0 Å². The van der Waals surface area contributed by atoms with Crippen LogP contribution in [0.1, 0.15) is 21.5 Å². The van der Waals surface area contributed by atoms with E-state index in [1.807, 2.05) is 49.4 Å². The van der Waals surface area contributed by atoms with Crippen LogP contribution >= 0.6 is 11.6 Å². The second-order valence-corrected chi connectivity index (χ2v) is 6.45. The monoisotopic (exact) mass is 381 g/mol. The maximum atomic E-state index is 12.5. The molecule has 0 heterocycles. The minimum Gasteiger partial charge on any atom is -0.496 e. The van der Waals surface area contributed by atoms with E-state index in [4.69, 9.17) is 21.1 Å². The molecule has 3 aromatic rings. The summed E-state index contributed by atoms with van der Waals surface area (Å²) in [5.74, 6) is 1.18. The zero-order valence-electron chi connectivity index (χ0n) is 15.2. The highest BCUT2D eigenvalue weighted by Gasteiger charge is 2.11. The third-order valence-corrected chi connectivity index (χ3v) is 4.52. The summed E-state index contributed by atoms with van der Waals surface area (Å²) in [5, 5.41) is 3.57. The highest BCUT2D eigenvalue weighted by molar-refractivity contribution is 6.31. The van der Waals surface area contributed by atoms with Gasteiger partial charge in [-0.25, -0.2) is 0 Å². The number of carbonyl (C=O) groups is 1. The highest BCUT2D eigenvalue weighted by Crippen LogP contribution is 2.25. The van der Waals surface area contributed by atoms with E-state index >= 15 is 0 Å². The van der Waals surface area contributed by atoms with Crippen LogP contribution in [0, 0.1) is 6.92 Å². The molecule has 0 aromatic heterocycles. The Bertz CT molecular complexity index is 942. The van der Waals surface area contributed by atoms with Gasteiger partial charge in [0.1, 0.15) is 18.1 Å². The molecule has 0 fully saturated rings. The van der Waals surface area contributed by atoms with Gasteiger partial charge in [0.05, 0.1) is 7.11 Å². The first-order valence-corrected chi connectivity index (χ1v) is 8.87. The number of aryl methyl sites for hydroxylation is 1. The Hall–Kier alpha value is -2.98. The van der Waals surface area contributed by atoms with Crippen LogP contribution < -0.4 is 14.8 Å². The minimum atomic E-state index is -0.188. The van der Waals surface area contributed by atoms with Crippen molar-refractivity contribution in [1.82, 2.24) is 0 Å². The number of benzene rings is 3. The number of hydrogen-bond donors (Lipinski definition) is 1. The molecule has 1 N–H and O–H groups in total. The van der Waals surface area contributed by atoms with Crippen molar-refractivity contribution < 1.29 is 14.3 Å². The topological polar surface area (TPSA) is 47.6 Å². The van der Waals surface area contributed by atoms with Crippen LogP contribution in [-0.4, -0.2) is 13.0 Å². The van der Waals surface area contributed by atoms with Crippen LogP contribution in [0.5, 0.6) is 11.5 Å². The predicted octanol–water partition coefficient (Wildman–Crippen LogP) is 5.49. The van der Waals surface area contributed by atoms with Crippen molar-refractivity contribution in [3.05, 3.63) is 88.4 Å². The summed E-state index contributed by atoms with van der Waals surface area (Å²) in [6.07, 6.45) is 0. The Labute approximate surface area is 163 Å². The van der Waals surface area contributed by atoms with Crippen LogP contribution in [-0.2, 0) is 6.61 Å². The van der Waals surface area contributed by atoms with E-state index in [9.17, 15) is 4.79 Å². The Morgan fingerprint density at radius 3 is 2.52 bits per heavy atom. The number of anilines is 1. The lowest BCUT2D eigenvalue weighted by molar-refractivity contribution is 0.102. The predicted molar refractivity (Wildman–Crippen MR) is 108 cm³/mol. The van der Waals surface area contributed by atoms with E-state index in [0.29, 0.717) is 22.1 Å². The van der Waals surface area contributed by atoms with Crippen molar-refractivity contribution in [1.29, 1.82) is 0 Å². The summed E-state index contributed by atoms with van der Waals surface area (Å²) in [6.45, 7) is 2.20. The summed E-state index contributed by atoms with van der Waals surface area (Å²) < 4.78 is 11.2. The fourth-order valence-electron chi connectivity index (χ4n) is 2.63. The van der Waals surface area contributed by atoms with Crippen molar-refractivity contribution >= 4 is 23.2 Å². The van der Waals surface area contributed by atoms with Crippen molar-refractivity contribution in [2.24, 2.45) is 0 Å². The summed E-state index contributed by atoms with van der Waals surface area (Å²) in [4.78, 5) is 12.5. The molecule has 0 spiro atoms. The number of ether oxygens (including phenoxy) is 2. The SMILES string of the molecule is COc1ccc(C(=O)Nc2ccccc2)cc1COc1ccc(Cl)c(C)c1. The molecule has 0 aliphatic carbocycles. The fraction of sp³-hybridized carbons (Fsp3) is 0.136. The molecule has 0 aliphatic rings. The largest absolute Gasteiger partial charge is 0.496 e. The third kappa shape index (κ3) is 4.80. The summed E-state index contributed by atoms with van der Waals surface area (Å²) >= 11 is 6.05. The average molecular weight is 382 g/mol. The van der Waals surface area contributed by atoms with Crippen LogP contribution in [0.15, 0.2) is 66.7 Å². The van der Waals surface area contributed by atoms with Gasteiger partial charge in [0.2, 0.25) is 0 Å². The number of para-hydroxylation sites is 1. The maximum absolute atomic E-state index is 12.5. The lowest BCUT2D eigenvalue weighted by Gasteiger charge is -2.13. The van der Waals surface area contributed by atoms with Gasteiger partial charge in [0.15, 0.2) is 0 Å². The van der Waals surface area contributed by atoms with Gasteiger partial charge in [-0.3, -0.25) is 4.79 Å². The van der Waals surface area contributed by atoms with Crippen molar-refractivity contribution in [3.63, 3.8) is 0 Å². The van der Waals surface area contributed by atoms with Gasteiger partial charge in [0.25, 0.3) is 5.91 Å². The van der Waals surface area contributed by atoms with Gasteiger partial charge < -0.3 is 14.8 Å². The lowest BCUT2D eigenvalue weighted by Crippen LogP contribution is -2.12. The van der Waals surface area contributed by atoms with Gasteiger partial charge in [-0.15, -0.1) is 0 Å². The highest BCUT2D eigenvalue weighted by atomic mass is 35.5. The lowest BCUT2D eigenvalue weighted by atomic mass is 10.1. The van der Waals surface area contributed by atoms with E-state index in [1.54, 1.807) is 31.4 Å². The molecule has 5 heteroatoms. The second-order valence-electron chi connectivity index (χ2n) is 6.05. The molecule has 0 unspecified atom stereocenters. The molecular formula is C22H20ClNO3. The average Bonchev–Trinajstić information content (AvgIpc) is 2.69. The van der Waals surface area contributed by atoms with Gasteiger partial charge in [-0.2, -0.15) is 0 Å². The van der Waals surface area contributed by atoms with E-state index in [0.717, 1.165) is 16.8 Å². The first kappa shape index (κ1) is 18.8. The molecular weight excluding hydrogens is 362 g/mol. The smallest absolute Gasteiger partial charge is 0.255 e. The Morgan fingerprint density at radius 2 is 1.81 bits per heavy atom. The van der Waals surface area contributed by atoms with Gasteiger partial charge in [0, 0.05) is 21.8 Å². The molecule has 0 saturated heterocycles. The van der Waals surface area contributed by atoms with Crippen LogP contribution in [0.25, 0.3) is 0 Å². The van der Waals surface area contributed by atoms with Crippen molar-refractivity contribution in [2.75, 3.05) is 12.4 Å². The molecule has 0 saturated carbocycles. The molecule has 3 rings (SSSR count). The first-order valence-electron chi connectivity index (χ1n) is 8.49. The van der Waals surface area contributed by atoms with E-state index < -0.39 is 0 Å². The quantitative estimate of drug-likeness (QED) is 0.614. The fourth-order valence-corrected chi connectivity index (χ4v) is 2.74. The molecule has 0 aliphatic heterocycles. The van der Waals surface area contributed by atoms with Crippen molar-refractivity contribution in [2.45, 2.75) is 13.5 Å². The number of methoxy groups -OCH3 is 1. The van der Waals surface area contributed by atoms with Crippen molar-refractivity contribution in [3.8, 4) is 11.5 Å². The normalized spacial score (nSPS) is 10.3. The first-order chi connectivity index (χ1) is 13.1. The van der Waals surface area contributed by atoms with Gasteiger partial charge >= 0.3 is 0 Å². The van der Waals surface area contributed by atoms with E-state index in [1.165, 1.54) is 0 Å². The molecule has 138 valence electrons. The minimum absolute atomic E-state index is 0.188. The number of halogens is 1. The number of carbonyl (C=O) groups excluding carboxylic acids is 1. The molecule has 0 radical (unpaired) electrons. The Balaban J connectivity index is 1.76. The van der Waals surface area contributed by atoms with Crippen LogP contribution in [0.3, 0.4) is 0 Å². The summed E-state index contributed by atoms with van der Waals surface area (Å²) in [7, 11) is 1.59. The molecule has 0 bridgehead atoms. The zero-order valence-corrected chi connectivity index (χ0v) is 15.9. The van der Waals surface area contributed by atoms with Crippen LogP contribution in [0.4, 0.5) is 5.69 Å². The molecule has 27 heavy (non-hydrogen) atoms. The van der Waals surface area contributed by atoms with Crippen LogP contribution in [0.2, 0.25) is 5.02 Å².